The zero-order valence-electron chi connectivity index (χ0n) is 16.1. The Bertz CT molecular complexity index is 1140. The van der Waals surface area contributed by atoms with Crippen LogP contribution in [0.2, 0.25) is 0 Å². The number of H-pyrrole nitrogens is 1. The van der Waals surface area contributed by atoms with E-state index in [1.807, 2.05) is 18.3 Å². The van der Waals surface area contributed by atoms with Gasteiger partial charge in [-0.25, -0.2) is 13.4 Å². The summed E-state index contributed by atoms with van der Waals surface area (Å²) in [6.07, 6.45) is 9.99. The van der Waals surface area contributed by atoms with Crippen molar-refractivity contribution in [2.75, 3.05) is 5.32 Å². The van der Waals surface area contributed by atoms with E-state index in [0.29, 0.717) is 12.2 Å². The van der Waals surface area contributed by atoms with Crippen LogP contribution in [0.1, 0.15) is 50.5 Å². The third kappa shape index (κ3) is 2.92. The van der Waals surface area contributed by atoms with Crippen molar-refractivity contribution in [3.63, 3.8) is 0 Å². The first-order valence-corrected chi connectivity index (χ1v) is 12.0. The van der Waals surface area contributed by atoms with Gasteiger partial charge in [0.2, 0.25) is 15.9 Å². The quantitative estimate of drug-likeness (QED) is 0.789. The number of hydrogen-bond acceptors (Lipinski definition) is 4. The van der Waals surface area contributed by atoms with Gasteiger partial charge in [0.1, 0.15) is 11.5 Å². The second kappa shape index (κ2) is 6.15. The van der Waals surface area contributed by atoms with Crippen LogP contribution in [0, 0.1) is 5.92 Å². The Labute approximate surface area is 169 Å². The lowest BCUT2D eigenvalue weighted by Crippen LogP contribution is -2.44. The maximum atomic E-state index is 12.9. The average Bonchev–Trinajstić information content (AvgIpc) is 3.61. The van der Waals surface area contributed by atoms with Crippen molar-refractivity contribution in [2.45, 2.75) is 62.3 Å². The molecule has 7 nitrogen and oxygen atoms in total. The number of nitrogens with one attached hydrogen (secondary N) is 2. The van der Waals surface area contributed by atoms with Crippen molar-refractivity contribution in [1.82, 2.24) is 14.3 Å². The number of amides is 1. The van der Waals surface area contributed by atoms with Crippen molar-refractivity contribution in [3.05, 3.63) is 30.0 Å². The Balaban J connectivity index is 1.37. The van der Waals surface area contributed by atoms with Gasteiger partial charge < -0.3 is 10.3 Å². The number of aromatic nitrogens is 2. The minimum Gasteiger partial charge on any atom is -0.346 e. The number of sulfonamides is 1. The molecule has 2 aromatic rings. The van der Waals surface area contributed by atoms with E-state index < -0.39 is 10.0 Å². The molecule has 1 saturated heterocycles. The molecule has 8 heteroatoms. The topological polar surface area (TPSA) is 95.2 Å². The second-order valence-corrected chi connectivity index (χ2v) is 10.9. The fourth-order valence-corrected chi connectivity index (χ4v) is 7.08. The van der Waals surface area contributed by atoms with E-state index >= 15 is 0 Å². The van der Waals surface area contributed by atoms with Gasteiger partial charge >= 0.3 is 0 Å². The summed E-state index contributed by atoms with van der Waals surface area (Å²) >= 11 is 0. The van der Waals surface area contributed by atoms with Crippen molar-refractivity contribution in [3.8, 4) is 0 Å². The van der Waals surface area contributed by atoms with Crippen LogP contribution in [0.3, 0.4) is 0 Å². The van der Waals surface area contributed by atoms with E-state index in [4.69, 9.17) is 0 Å². The molecule has 4 heterocycles. The molecule has 2 saturated carbocycles. The highest BCUT2D eigenvalue weighted by Crippen LogP contribution is 2.45. The van der Waals surface area contributed by atoms with Gasteiger partial charge in [0.05, 0.1) is 5.25 Å². The van der Waals surface area contributed by atoms with Crippen molar-refractivity contribution >= 4 is 38.4 Å². The van der Waals surface area contributed by atoms with Crippen LogP contribution >= 0.6 is 0 Å². The lowest BCUT2D eigenvalue weighted by Gasteiger charge is -2.33. The minimum absolute atomic E-state index is 0.0359. The molecule has 152 valence electrons. The number of fused-ring (bicyclic) bond motifs is 3. The fraction of sp³-hybridized carbons (Fsp3) is 0.524. The van der Waals surface area contributed by atoms with Gasteiger partial charge in [0.25, 0.3) is 0 Å². The Kier molecular flexibility index (Phi) is 3.75. The van der Waals surface area contributed by atoms with E-state index in [0.717, 1.165) is 60.7 Å². The van der Waals surface area contributed by atoms with Gasteiger partial charge in [-0.2, -0.15) is 4.31 Å². The summed E-state index contributed by atoms with van der Waals surface area (Å²) < 4.78 is 27.6. The fourth-order valence-electron chi connectivity index (χ4n) is 4.87. The number of hydrogen-bond donors (Lipinski definition) is 2. The summed E-state index contributed by atoms with van der Waals surface area (Å²) in [7, 11) is -3.18. The van der Waals surface area contributed by atoms with E-state index in [1.54, 1.807) is 4.31 Å². The first-order valence-electron chi connectivity index (χ1n) is 10.5. The first kappa shape index (κ1) is 17.7. The number of carbonyl (C=O) groups excluding carboxylic acids is 1. The maximum absolute atomic E-state index is 12.9. The SMILES string of the molecule is O=C(Nc1cc(C2=CC3CCC(C2)N3S(=O)(=O)C2CC2)c2cc[nH]c2n1)C1CC1. The highest BCUT2D eigenvalue weighted by atomic mass is 32.2. The third-order valence-electron chi connectivity index (χ3n) is 6.65. The molecule has 6 rings (SSSR count). The zero-order valence-corrected chi connectivity index (χ0v) is 16.9. The van der Waals surface area contributed by atoms with Crippen LogP contribution < -0.4 is 5.32 Å². The Morgan fingerprint density at radius 3 is 2.72 bits per heavy atom. The standard InChI is InChI=1S/C21H24N4O3S/c26-21(12-1-2-12)24-19-11-18(17-7-8-22-20(17)23-19)13-9-14-3-4-15(10-13)25(14)29(27,28)16-5-6-16/h7-9,11-12,14-16H,1-6,10H2,(H2,22,23,24,26). The van der Waals surface area contributed by atoms with Gasteiger partial charge in [-0.15, -0.1) is 0 Å². The van der Waals surface area contributed by atoms with Gasteiger partial charge in [0, 0.05) is 29.6 Å². The molecule has 2 aliphatic heterocycles. The molecule has 0 radical (unpaired) electrons. The van der Waals surface area contributed by atoms with E-state index in [1.165, 1.54) is 0 Å². The smallest absolute Gasteiger partial charge is 0.228 e. The summed E-state index contributed by atoms with van der Waals surface area (Å²) in [4.78, 5) is 19.9. The highest BCUT2D eigenvalue weighted by molar-refractivity contribution is 7.90. The predicted octanol–water partition coefficient (Wildman–Crippen LogP) is 3.02. The summed E-state index contributed by atoms with van der Waals surface area (Å²) in [5.74, 6) is 0.715. The zero-order chi connectivity index (χ0) is 19.8. The van der Waals surface area contributed by atoms with Crippen molar-refractivity contribution < 1.29 is 13.2 Å². The molecule has 2 N–H and O–H groups in total. The maximum Gasteiger partial charge on any atom is 0.228 e. The number of aromatic amines is 1. The molecule has 2 aromatic heterocycles. The predicted molar refractivity (Wildman–Crippen MR) is 111 cm³/mol. The molecule has 4 aliphatic rings. The van der Waals surface area contributed by atoms with Gasteiger partial charge in [-0.1, -0.05) is 6.08 Å². The molecule has 2 aliphatic carbocycles. The number of pyridine rings is 1. The van der Waals surface area contributed by atoms with Crippen LogP contribution in [-0.2, 0) is 14.8 Å². The van der Waals surface area contributed by atoms with Crippen LogP contribution in [0.4, 0.5) is 5.82 Å². The Hall–Kier alpha value is -2.19. The largest absolute Gasteiger partial charge is 0.346 e. The molecule has 3 fully saturated rings. The molecule has 2 atom stereocenters. The normalized spacial score (nSPS) is 27.2. The number of carbonyl (C=O) groups is 1. The second-order valence-electron chi connectivity index (χ2n) is 8.83. The van der Waals surface area contributed by atoms with Gasteiger partial charge in [-0.3, -0.25) is 4.79 Å². The molecule has 0 spiro atoms. The number of anilines is 1. The van der Waals surface area contributed by atoms with Crippen LogP contribution in [0.25, 0.3) is 16.6 Å². The van der Waals surface area contributed by atoms with E-state index in [2.05, 4.69) is 21.4 Å². The molecular formula is C21H24N4O3S. The summed E-state index contributed by atoms with van der Waals surface area (Å²) in [6.45, 7) is 0. The molecule has 0 aromatic carbocycles. The monoisotopic (exact) mass is 412 g/mol. The summed E-state index contributed by atoms with van der Waals surface area (Å²) in [6, 6.07) is 3.94. The summed E-state index contributed by atoms with van der Waals surface area (Å²) in [5, 5.41) is 3.80. The van der Waals surface area contributed by atoms with Crippen LogP contribution in [0.5, 0.6) is 0 Å². The average molecular weight is 413 g/mol. The third-order valence-corrected chi connectivity index (χ3v) is 9.12. The Morgan fingerprint density at radius 1 is 1.17 bits per heavy atom. The Morgan fingerprint density at radius 2 is 2.00 bits per heavy atom. The van der Waals surface area contributed by atoms with Gasteiger partial charge in [0.15, 0.2) is 0 Å². The van der Waals surface area contributed by atoms with E-state index in [-0.39, 0.29) is 29.2 Å². The lowest BCUT2D eigenvalue weighted by atomic mass is 9.94. The summed E-state index contributed by atoms with van der Waals surface area (Å²) in [5.41, 5.74) is 2.95. The molecule has 2 bridgehead atoms. The highest BCUT2D eigenvalue weighted by Gasteiger charge is 2.49. The molecule has 2 unspecified atom stereocenters. The van der Waals surface area contributed by atoms with E-state index in [9.17, 15) is 13.2 Å². The van der Waals surface area contributed by atoms with Gasteiger partial charge in [-0.05, 0) is 68.2 Å². The van der Waals surface area contributed by atoms with Crippen LogP contribution in [-0.4, -0.2) is 45.9 Å². The molecule has 1 amide bonds. The first-order chi connectivity index (χ1) is 14.0. The van der Waals surface area contributed by atoms with Crippen molar-refractivity contribution in [1.29, 1.82) is 0 Å². The van der Waals surface area contributed by atoms with Crippen LogP contribution in [0.15, 0.2) is 24.4 Å². The number of nitrogens with zero attached hydrogens (tertiary/aromatic N) is 2. The molecular weight excluding hydrogens is 388 g/mol. The minimum atomic E-state index is -3.18. The number of rotatable bonds is 5. The lowest BCUT2D eigenvalue weighted by molar-refractivity contribution is -0.117. The van der Waals surface area contributed by atoms with Crippen molar-refractivity contribution in [2.24, 2.45) is 5.92 Å². The molecule has 29 heavy (non-hydrogen) atoms.